The summed E-state index contributed by atoms with van der Waals surface area (Å²) in [4.78, 5) is 0. The molecule has 0 bridgehead atoms. The molecule has 0 radical (unpaired) electrons. The van der Waals surface area contributed by atoms with Crippen LogP contribution in [0.1, 0.15) is 13.8 Å². The van der Waals surface area contributed by atoms with Crippen molar-refractivity contribution in [1.82, 2.24) is 0 Å². The van der Waals surface area contributed by atoms with Crippen molar-refractivity contribution in [3.8, 4) is 18.2 Å². The van der Waals surface area contributed by atoms with E-state index >= 15 is 0 Å². The SMILES string of the molecule is C=C(/C=C\C(C#N)=C/C)C1C=C(C#N)P(c2ccccc2)(c2ccccc2)=C(C#N)C1C. The zero-order valence-corrected chi connectivity index (χ0v) is 19.1. The maximum Gasteiger partial charge on any atom is 0.0999 e. The highest BCUT2D eigenvalue weighted by Crippen LogP contribution is 2.59. The largest absolute Gasteiger partial charge is 0.193 e. The van der Waals surface area contributed by atoms with E-state index in [9.17, 15) is 15.8 Å². The summed E-state index contributed by atoms with van der Waals surface area (Å²) in [6.45, 7) is 5.49. The second-order valence-electron chi connectivity index (χ2n) is 7.58. The van der Waals surface area contributed by atoms with Gasteiger partial charge in [0.15, 0.2) is 0 Å². The van der Waals surface area contributed by atoms with Crippen LogP contribution in [0.25, 0.3) is 0 Å². The first-order chi connectivity index (χ1) is 15.5. The van der Waals surface area contributed by atoms with Crippen LogP contribution in [-0.4, -0.2) is 5.29 Å². The molecule has 0 saturated heterocycles. The first-order valence-electron chi connectivity index (χ1n) is 10.4. The lowest BCUT2D eigenvalue weighted by atomic mass is 9.84. The van der Waals surface area contributed by atoms with Gasteiger partial charge in [-0.1, -0.05) is 92.4 Å². The van der Waals surface area contributed by atoms with E-state index in [2.05, 4.69) is 24.8 Å². The predicted octanol–water partition coefficient (Wildman–Crippen LogP) is 5.61. The number of hydrogen-bond acceptors (Lipinski definition) is 3. The second-order valence-corrected chi connectivity index (χ2v) is 10.9. The molecule has 32 heavy (non-hydrogen) atoms. The van der Waals surface area contributed by atoms with Crippen molar-refractivity contribution in [2.45, 2.75) is 13.8 Å². The van der Waals surface area contributed by atoms with Crippen molar-refractivity contribution in [3.05, 3.63) is 108 Å². The molecular formula is C28H24N3P. The average molecular weight is 433 g/mol. The van der Waals surface area contributed by atoms with E-state index in [0.717, 1.165) is 21.5 Å². The zero-order chi connectivity index (χ0) is 23.1. The van der Waals surface area contributed by atoms with E-state index in [1.807, 2.05) is 86.7 Å². The van der Waals surface area contributed by atoms with Crippen LogP contribution in [0, 0.1) is 45.8 Å². The molecule has 2 aromatic carbocycles. The maximum atomic E-state index is 10.4. The molecule has 0 fully saturated rings. The van der Waals surface area contributed by atoms with Gasteiger partial charge in [-0.3, -0.25) is 0 Å². The summed E-state index contributed by atoms with van der Waals surface area (Å²) in [6.07, 6.45) is 7.27. The Kier molecular flexibility index (Phi) is 7.13. The molecule has 2 unspecified atom stereocenters. The van der Waals surface area contributed by atoms with Gasteiger partial charge in [-0.15, -0.1) is 0 Å². The summed E-state index contributed by atoms with van der Waals surface area (Å²) in [7, 11) is 0. The summed E-state index contributed by atoms with van der Waals surface area (Å²) in [5, 5.41) is 33.3. The number of rotatable bonds is 5. The first kappa shape index (κ1) is 22.8. The Morgan fingerprint density at radius 2 is 1.47 bits per heavy atom. The monoisotopic (exact) mass is 433 g/mol. The van der Waals surface area contributed by atoms with Crippen molar-refractivity contribution in [3.63, 3.8) is 0 Å². The Morgan fingerprint density at radius 3 is 1.91 bits per heavy atom. The standard InChI is InChI=1S/C28H24N3P/c1-4-23(18-29)16-15-21(2)27-17-26(19-30)32(28(20-31)22(27)3,24-11-7-5-8-12-24)25-13-9-6-10-14-25/h4-17,22,27H,2H2,1,3H3/b16-15-,23-4+. The molecule has 4 heteroatoms. The van der Waals surface area contributed by atoms with Gasteiger partial charge in [-0.25, -0.2) is 0 Å². The molecule has 2 atom stereocenters. The minimum Gasteiger partial charge on any atom is -0.193 e. The normalized spacial score (nSPS) is 20.0. The van der Waals surface area contributed by atoms with E-state index < -0.39 is 6.89 Å². The molecule has 0 aromatic heterocycles. The number of benzene rings is 2. The van der Waals surface area contributed by atoms with Crippen LogP contribution >= 0.6 is 6.89 Å². The van der Waals surface area contributed by atoms with Crippen LogP contribution in [0.3, 0.4) is 0 Å². The van der Waals surface area contributed by atoms with Crippen LogP contribution in [0.4, 0.5) is 0 Å². The Balaban J connectivity index is 2.30. The topological polar surface area (TPSA) is 71.4 Å². The van der Waals surface area contributed by atoms with E-state index in [0.29, 0.717) is 10.9 Å². The van der Waals surface area contributed by atoms with Crippen molar-refractivity contribution in [2.24, 2.45) is 11.8 Å². The third-order valence-corrected chi connectivity index (χ3v) is 10.2. The van der Waals surface area contributed by atoms with Gasteiger partial charge in [0.05, 0.1) is 23.5 Å². The third-order valence-electron chi connectivity index (χ3n) is 5.89. The van der Waals surface area contributed by atoms with Crippen molar-refractivity contribution in [1.29, 1.82) is 15.8 Å². The summed E-state index contributed by atoms with van der Waals surface area (Å²) in [5.41, 5.74) is 1.31. The van der Waals surface area contributed by atoms with Gasteiger partial charge in [0, 0.05) is 29.6 Å². The summed E-state index contributed by atoms with van der Waals surface area (Å²) < 4.78 is 0. The lowest BCUT2D eigenvalue weighted by Gasteiger charge is -2.38. The van der Waals surface area contributed by atoms with Gasteiger partial charge < -0.3 is 0 Å². The van der Waals surface area contributed by atoms with Crippen LogP contribution < -0.4 is 10.6 Å². The lowest BCUT2D eigenvalue weighted by molar-refractivity contribution is 0.634. The molecule has 0 N–H and O–H groups in total. The zero-order valence-electron chi connectivity index (χ0n) is 18.2. The van der Waals surface area contributed by atoms with Crippen molar-refractivity contribution in [2.75, 3.05) is 0 Å². The van der Waals surface area contributed by atoms with Gasteiger partial charge in [0.2, 0.25) is 0 Å². The van der Waals surface area contributed by atoms with Crippen LogP contribution in [-0.2, 0) is 0 Å². The van der Waals surface area contributed by atoms with E-state index in [4.69, 9.17) is 0 Å². The van der Waals surface area contributed by atoms with E-state index in [-0.39, 0.29) is 11.8 Å². The summed E-state index contributed by atoms with van der Waals surface area (Å²) >= 11 is 0. The lowest BCUT2D eigenvalue weighted by Crippen LogP contribution is -2.32. The summed E-state index contributed by atoms with van der Waals surface area (Å²) in [6, 6.07) is 26.9. The summed E-state index contributed by atoms with van der Waals surface area (Å²) in [5.74, 6) is -0.341. The molecule has 3 rings (SSSR count). The number of allylic oxidation sites excluding steroid dienone is 7. The molecule has 0 saturated carbocycles. The number of hydrogen-bond donors (Lipinski definition) is 0. The van der Waals surface area contributed by atoms with E-state index in [1.54, 1.807) is 12.2 Å². The molecule has 3 nitrogen and oxygen atoms in total. The van der Waals surface area contributed by atoms with E-state index in [1.165, 1.54) is 0 Å². The number of nitriles is 3. The van der Waals surface area contributed by atoms with Gasteiger partial charge in [0.25, 0.3) is 0 Å². The maximum absolute atomic E-state index is 10.4. The third kappa shape index (κ3) is 3.90. The van der Waals surface area contributed by atoms with Crippen LogP contribution in [0.5, 0.6) is 0 Å². The average Bonchev–Trinajstić information content (AvgIpc) is 2.85. The molecule has 1 heterocycles. The fraction of sp³-hybridized carbons (Fsp3) is 0.143. The van der Waals surface area contributed by atoms with Crippen LogP contribution in [0.15, 0.2) is 108 Å². The molecule has 2 aromatic rings. The number of nitrogens with zero attached hydrogens (tertiary/aromatic N) is 3. The molecule has 0 spiro atoms. The molecule has 0 amide bonds. The quantitative estimate of drug-likeness (QED) is 0.350. The highest BCUT2D eigenvalue weighted by atomic mass is 31.2. The van der Waals surface area contributed by atoms with Crippen LogP contribution in [0.2, 0.25) is 0 Å². The van der Waals surface area contributed by atoms with Crippen molar-refractivity contribution >= 4 is 22.8 Å². The Bertz CT molecular complexity index is 1250. The molecular weight excluding hydrogens is 409 g/mol. The molecule has 0 aliphatic carbocycles. The molecule has 1 aliphatic rings. The fourth-order valence-electron chi connectivity index (χ4n) is 4.26. The molecule has 1 aliphatic heterocycles. The fourth-order valence-corrected chi connectivity index (χ4v) is 8.63. The first-order valence-corrected chi connectivity index (χ1v) is 12.2. The Morgan fingerprint density at radius 1 is 0.906 bits per heavy atom. The molecule has 156 valence electrons. The minimum atomic E-state index is -2.57. The highest BCUT2D eigenvalue weighted by molar-refractivity contribution is 7.93. The second kappa shape index (κ2) is 9.98. The van der Waals surface area contributed by atoms with Gasteiger partial charge >= 0.3 is 0 Å². The Hall–Kier alpha value is -3.83. The minimum absolute atomic E-state index is 0.140. The smallest absolute Gasteiger partial charge is 0.0999 e. The van der Waals surface area contributed by atoms with Crippen molar-refractivity contribution < 1.29 is 0 Å². The predicted molar refractivity (Wildman–Crippen MR) is 134 cm³/mol. The Labute approximate surface area is 190 Å². The highest BCUT2D eigenvalue weighted by Gasteiger charge is 2.40. The van der Waals surface area contributed by atoms with Gasteiger partial charge in [-0.2, -0.15) is 15.8 Å². The van der Waals surface area contributed by atoms with Gasteiger partial charge in [-0.05, 0) is 29.2 Å². The van der Waals surface area contributed by atoms with Gasteiger partial charge in [0.1, 0.15) is 0 Å².